The second kappa shape index (κ2) is 19.0. The number of aromatic carboxylic acids is 2. The van der Waals surface area contributed by atoms with Crippen molar-refractivity contribution in [3.63, 3.8) is 0 Å². The van der Waals surface area contributed by atoms with Gasteiger partial charge in [-0.3, -0.25) is 19.6 Å². The monoisotopic (exact) mass is 764 g/mol. The lowest BCUT2D eigenvalue weighted by atomic mass is 10.1. The number of carboxylic acids is 2. The molecule has 0 radical (unpaired) electrons. The van der Waals surface area contributed by atoms with E-state index in [4.69, 9.17) is 47.2 Å². The number of carboxylic acid groups (broad SMARTS) is 2. The molecule has 6 aromatic rings. The highest BCUT2D eigenvalue weighted by atomic mass is 35.5. The molecular weight excluding hydrogens is 740 g/mol. The Labute approximate surface area is 314 Å². The molecule has 0 bridgehead atoms. The summed E-state index contributed by atoms with van der Waals surface area (Å²) in [5.41, 5.74) is 3.09. The van der Waals surface area contributed by atoms with Gasteiger partial charge < -0.3 is 25.2 Å². The number of alkyl halides is 1. The molecule has 5 N–H and O–H groups in total. The Hall–Kier alpha value is -6.72. The first-order valence-corrected chi connectivity index (χ1v) is 16.9. The van der Waals surface area contributed by atoms with E-state index < -0.39 is 23.1 Å². The molecule has 0 aliphatic rings. The predicted molar refractivity (Wildman–Crippen MR) is 202 cm³/mol. The van der Waals surface area contributed by atoms with Crippen molar-refractivity contribution >= 4 is 58.9 Å². The van der Waals surface area contributed by atoms with E-state index >= 15 is 0 Å². The summed E-state index contributed by atoms with van der Waals surface area (Å²) in [7, 11) is 0. The second-order valence-electron chi connectivity index (χ2n) is 10.3. The average Bonchev–Trinajstić information content (AvgIpc) is 3.18. The number of benzene rings is 2. The third kappa shape index (κ3) is 10.9. The Balaban J connectivity index is 0.000000197. The van der Waals surface area contributed by atoms with Crippen molar-refractivity contribution in [3.8, 4) is 22.5 Å². The van der Waals surface area contributed by atoms with E-state index in [2.05, 4.69) is 39.6 Å². The third-order valence-corrected chi connectivity index (χ3v) is 8.27. The van der Waals surface area contributed by atoms with Gasteiger partial charge in [0.2, 0.25) is 0 Å². The van der Waals surface area contributed by atoms with E-state index in [-0.39, 0.29) is 27.3 Å². The van der Waals surface area contributed by atoms with Crippen molar-refractivity contribution in [2.24, 2.45) is 0 Å². The number of carbonyl (C=O) groups is 2. The van der Waals surface area contributed by atoms with E-state index in [1.165, 1.54) is 17.8 Å². The van der Waals surface area contributed by atoms with Crippen LogP contribution in [-0.2, 0) is 11.6 Å². The summed E-state index contributed by atoms with van der Waals surface area (Å²) in [6, 6.07) is 19.9. The molecule has 0 spiro atoms. The molecule has 0 fully saturated rings. The average molecular weight is 765 g/mol. The minimum Gasteiger partial charge on any atom is -0.478 e. The summed E-state index contributed by atoms with van der Waals surface area (Å²) in [5.74, 6) is -1.14. The van der Waals surface area contributed by atoms with Crippen LogP contribution in [0, 0.1) is 17.9 Å². The quantitative estimate of drug-likeness (QED) is 0.0337. The van der Waals surface area contributed by atoms with Crippen molar-refractivity contribution in [2.75, 3.05) is 0 Å². The lowest BCUT2D eigenvalue weighted by Gasteiger charge is -2.07. The Morgan fingerprint density at radius 1 is 0.755 bits per heavy atom. The molecule has 14 nitrogen and oxygen atoms in total. The van der Waals surface area contributed by atoms with Gasteiger partial charge in [0.25, 0.3) is 22.5 Å². The van der Waals surface area contributed by atoms with Gasteiger partial charge in [-0.15, -0.1) is 11.6 Å². The lowest BCUT2D eigenvalue weighted by molar-refractivity contribution is 0.0686. The molecule has 0 saturated heterocycles. The fraction of sp³-hybridized carbons (Fsp3) is 0.0556. The van der Waals surface area contributed by atoms with Crippen molar-refractivity contribution in [3.05, 3.63) is 168 Å². The summed E-state index contributed by atoms with van der Waals surface area (Å²) in [4.78, 5) is 71.6. The van der Waals surface area contributed by atoms with Crippen LogP contribution in [0.2, 0.25) is 0 Å². The van der Waals surface area contributed by atoms with E-state index in [0.29, 0.717) is 39.3 Å². The number of aromatic nitrogens is 6. The van der Waals surface area contributed by atoms with Crippen LogP contribution < -0.4 is 11.1 Å². The molecule has 6 rings (SSSR count). The molecule has 4 heterocycles. The van der Waals surface area contributed by atoms with E-state index in [1.807, 2.05) is 0 Å². The van der Waals surface area contributed by atoms with Crippen molar-refractivity contribution in [2.45, 2.75) is 16.8 Å². The number of aromatic amines is 3. The molecule has 4 aromatic heterocycles. The van der Waals surface area contributed by atoms with Crippen molar-refractivity contribution in [1.29, 1.82) is 0 Å². The van der Waals surface area contributed by atoms with Gasteiger partial charge >= 0.3 is 11.9 Å². The van der Waals surface area contributed by atoms with Gasteiger partial charge in [0.1, 0.15) is 0 Å². The molecule has 0 aliphatic heterocycles. The summed E-state index contributed by atoms with van der Waals surface area (Å²) < 4.78 is 0.198. The first kappa shape index (κ1) is 39.1. The van der Waals surface area contributed by atoms with Crippen molar-refractivity contribution < 1.29 is 19.8 Å². The number of H-pyrrole nitrogens is 3. The molecule has 264 valence electrons. The topological polar surface area (TPSA) is 203 Å². The maximum Gasteiger partial charge on any atom is 0.335 e. The van der Waals surface area contributed by atoms with E-state index in [1.54, 1.807) is 91.5 Å². The standard InChI is InChI=1S/C18H12N4O3S.C10H6N4OS.C8H7ClO2/c1-19-15-14(12-5-7-20-8-6-12)21-18(22-16(15)23)26-10-11-3-2-4-13(9-11)17(24)25;1-11-8-7(6-2-4-12-5-3-6)13-10(16)14-9(8)15;9-5-6-2-1-3-7(4-6)8(10)11/h2-9H,10H2,(H,24,25)(H,21,22,23);2-5H,(H2,13,14,15,16);1-4H,5H2,(H,10,11). The molecule has 0 saturated carbocycles. The molecule has 0 aliphatic carbocycles. The Bertz CT molecular complexity index is 2510. The van der Waals surface area contributed by atoms with Crippen LogP contribution in [0.15, 0.2) is 112 Å². The number of nitrogens with zero attached hydrogens (tertiary/aromatic N) is 5. The number of pyridine rings is 2. The highest BCUT2D eigenvalue weighted by molar-refractivity contribution is 7.98. The lowest BCUT2D eigenvalue weighted by Crippen LogP contribution is -2.09. The van der Waals surface area contributed by atoms with Gasteiger partial charge in [-0.1, -0.05) is 36.0 Å². The molecular formula is C36H25ClN8O6S2. The first-order valence-electron chi connectivity index (χ1n) is 14.9. The number of hydrogen-bond donors (Lipinski definition) is 5. The first-order chi connectivity index (χ1) is 25.5. The molecule has 17 heteroatoms. The van der Waals surface area contributed by atoms with Crippen LogP contribution in [0.1, 0.15) is 31.8 Å². The van der Waals surface area contributed by atoms with Gasteiger partial charge in [-0.25, -0.2) is 24.3 Å². The van der Waals surface area contributed by atoms with E-state index in [0.717, 1.165) is 11.1 Å². The third-order valence-electron chi connectivity index (χ3n) is 6.81. The SMILES string of the molecule is O=C(O)c1cccc(CCl)c1.[C-]#[N+]c1c(-c2ccncc2)[nH]c(=S)[nH]c1=O.[C-]#[N+]c1c(-c2ccncc2)nc(SCc2cccc(C(=O)O)c2)[nH]c1=O. The summed E-state index contributed by atoms with van der Waals surface area (Å²) >= 11 is 11.6. The number of hydrogen-bond acceptors (Lipinski definition) is 9. The fourth-order valence-electron chi connectivity index (χ4n) is 4.38. The molecule has 0 unspecified atom stereocenters. The van der Waals surface area contributed by atoms with Gasteiger partial charge in [-0.05, 0) is 83.0 Å². The molecule has 53 heavy (non-hydrogen) atoms. The van der Waals surface area contributed by atoms with Gasteiger partial charge in [0.15, 0.2) is 9.93 Å². The summed E-state index contributed by atoms with van der Waals surface area (Å²) in [5, 5.41) is 18.0. The van der Waals surface area contributed by atoms with Crippen molar-refractivity contribution in [1.82, 2.24) is 29.9 Å². The maximum atomic E-state index is 12.2. The van der Waals surface area contributed by atoms with Gasteiger partial charge in [-0.2, -0.15) is 0 Å². The van der Waals surface area contributed by atoms with Crippen LogP contribution in [0.5, 0.6) is 0 Å². The smallest absolute Gasteiger partial charge is 0.335 e. The highest BCUT2D eigenvalue weighted by Crippen LogP contribution is 2.28. The minimum atomic E-state index is -0.996. The summed E-state index contributed by atoms with van der Waals surface area (Å²) in [6.07, 6.45) is 6.30. The van der Waals surface area contributed by atoms with Crippen LogP contribution in [-0.4, -0.2) is 52.1 Å². The largest absolute Gasteiger partial charge is 0.478 e. The Morgan fingerprint density at radius 2 is 1.28 bits per heavy atom. The van der Waals surface area contributed by atoms with Crippen LogP contribution in [0.4, 0.5) is 11.4 Å². The van der Waals surface area contributed by atoms with Gasteiger partial charge in [0, 0.05) is 36.4 Å². The normalized spacial score (nSPS) is 9.94. The van der Waals surface area contributed by atoms with E-state index in [9.17, 15) is 19.2 Å². The zero-order valence-corrected chi connectivity index (χ0v) is 29.5. The van der Waals surface area contributed by atoms with Crippen LogP contribution in [0.3, 0.4) is 0 Å². The zero-order valence-electron chi connectivity index (χ0n) is 27.1. The number of nitrogens with one attached hydrogen (secondary N) is 3. The predicted octanol–water partition coefficient (Wildman–Crippen LogP) is 7.54. The second-order valence-corrected chi connectivity index (χ2v) is 12.0. The maximum absolute atomic E-state index is 12.2. The summed E-state index contributed by atoms with van der Waals surface area (Å²) in [6.45, 7) is 14.2. The molecule has 0 atom stereocenters. The Morgan fingerprint density at radius 3 is 1.83 bits per heavy atom. The number of halogens is 1. The zero-order chi connectivity index (χ0) is 38.3. The minimum absolute atomic E-state index is 0.000185. The number of thioether (sulfide) groups is 1. The number of rotatable bonds is 8. The fourth-order valence-corrected chi connectivity index (χ4v) is 5.54. The molecule has 2 aromatic carbocycles. The van der Waals surface area contributed by atoms with Crippen LogP contribution in [0.25, 0.3) is 32.2 Å². The van der Waals surface area contributed by atoms with Crippen LogP contribution >= 0.6 is 35.6 Å². The Kier molecular flexibility index (Phi) is 14.0. The van der Waals surface area contributed by atoms with Gasteiger partial charge in [0.05, 0.1) is 35.7 Å². The highest BCUT2D eigenvalue weighted by Gasteiger charge is 2.14. The molecule has 0 amide bonds.